The Morgan fingerprint density at radius 2 is 1.69 bits per heavy atom. The van der Waals surface area contributed by atoms with Crippen LogP contribution in [0.1, 0.15) is 61.6 Å². The second-order valence-electron chi connectivity index (χ2n) is 10.9. The van der Waals surface area contributed by atoms with Gasteiger partial charge in [0.05, 0.1) is 12.9 Å². The molecule has 13 heteroatoms. The first-order valence-corrected chi connectivity index (χ1v) is 16.4. The number of fused-ring (bicyclic) bond motifs is 2. The summed E-state index contributed by atoms with van der Waals surface area (Å²) in [6, 6.07) is 0. The number of ether oxygens (including phenoxy) is 1. The lowest BCUT2D eigenvalue weighted by atomic mass is 10.1. The monoisotopic (exact) mass is 525 g/mol. The van der Waals surface area contributed by atoms with Crippen LogP contribution in [0.25, 0.3) is 11.2 Å². The SMILES string of the molecule is CC(C)[Si]1(C(C)C)OCC2O[C@@H](n3cnc4c(=O)[nH]c(N)nc43)[C@H](O)[C@H]2O[Si](C(C)C)(C(C)C)O1. The molecule has 0 bridgehead atoms. The zero-order chi connectivity index (χ0) is 25.9. The molecule has 196 valence electrons. The fourth-order valence-corrected chi connectivity index (χ4v) is 16.7. The Kier molecular flexibility index (Phi) is 7.07. The van der Waals surface area contributed by atoms with Crippen LogP contribution in [0.4, 0.5) is 5.95 Å². The Bertz CT molecular complexity index is 1100. The van der Waals surface area contributed by atoms with Crippen LogP contribution in [0.5, 0.6) is 0 Å². The third-order valence-electron chi connectivity index (χ3n) is 7.37. The van der Waals surface area contributed by atoms with Gasteiger partial charge in [0.15, 0.2) is 17.4 Å². The molecule has 4 rings (SSSR count). The van der Waals surface area contributed by atoms with Gasteiger partial charge in [0.1, 0.15) is 18.3 Å². The van der Waals surface area contributed by atoms with E-state index < -0.39 is 47.2 Å². The third-order valence-corrected chi connectivity index (χ3v) is 17.6. The lowest BCUT2D eigenvalue weighted by Gasteiger charge is -2.51. The quantitative estimate of drug-likeness (QED) is 0.501. The predicted molar refractivity (Wildman–Crippen MR) is 136 cm³/mol. The van der Waals surface area contributed by atoms with Crippen LogP contribution in [0, 0.1) is 0 Å². The maximum atomic E-state index is 12.3. The van der Waals surface area contributed by atoms with E-state index in [9.17, 15) is 9.90 Å². The lowest BCUT2D eigenvalue weighted by molar-refractivity contribution is -0.0570. The van der Waals surface area contributed by atoms with Crippen LogP contribution < -0.4 is 11.3 Å². The Labute approximate surface area is 207 Å². The first-order chi connectivity index (χ1) is 16.3. The molecule has 11 nitrogen and oxygen atoms in total. The molecule has 0 radical (unpaired) electrons. The highest BCUT2D eigenvalue weighted by Gasteiger charge is 2.61. The molecule has 0 spiro atoms. The summed E-state index contributed by atoms with van der Waals surface area (Å²) in [6.07, 6.45) is -1.67. The highest BCUT2D eigenvalue weighted by atomic mass is 28.5. The maximum absolute atomic E-state index is 12.3. The smallest absolute Gasteiger partial charge is 0.335 e. The van der Waals surface area contributed by atoms with E-state index in [1.54, 1.807) is 4.57 Å². The minimum Gasteiger partial charge on any atom is -0.414 e. The summed E-state index contributed by atoms with van der Waals surface area (Å²) in [5.74, 6) is -0.0357. The van der Waals surface area contributed by atoms with E-state index in [4.69, 9.17) is 23.4 Å². The predicted octanol–water partition coefficient (Wildman–Crippen LogP) is 2.92. The van der Waals surface area contributed by atoms with Crippen LogP contribution in [0.3, 0.4) is 0 Å². The number of nitrogens with zero attached hydrogens (tertiary/aromatic N) is 3. The van der Waals surface area contributed by atoms with Crippen LogP contribution in [0.15, 0.2) is 11.1 Å². The number of hydrogen-bond acceptors (Lipinski definition) is 9. The van der Waals surface area contributed by atoms with Crippen molar-refractivity contribution in [3.8, 4) is 0 Å². The summed E-state index contributed by atoms with van der Waals surface area (Å²) in [4.78, 5) is 23.1. The number of imidazole rings is 1. The fourth-order valence-electron chi connectivity index (χ4n) is 5.50. The van der Waals surface area contributed by atoms with Crippen molar-refractivity contribution in [3.63, 3.8) is 0 Å². The highest BCUT2D eigenvalue weighted by molar-refractivity contribution is 6.83. The average molecular weight is 526 g/mol. The summed E-state index contributed by atoms with van der Waals surface area (Å²) in [5.41, 5.74) is 6.33. The van der Waals surface area contributed by atoms with Crippen LogP contribution in [0.2, 0.25) is 22.2 Å². The van der Waals surface area contributed by atoms with E-state index in [-0.39, 0.29) is 45.9 Å². The van der Waals surface area contributed by atoms with Gasteiger partial charge in [-0.3, -0.25) is 14.3 Å². The summed E-state index contributed by atoms with van der Waals surface area (Å²) < 4.78 is 28.7. The second-order valence-corrected chi connectivity index (χ2v) is 19.7. The van der Waals surface area contributed by atoms with E-state index in [1.165, 1.54) is 6.33 Å². The molecule has 2 aliphatic heterocycles. The van der Waals surface area contributed by atoms with Gasteiger partial charge < -0.3 is 28.5 Å². The number of aromatic amines is 1. The van der Waals surface area contributed by atoms with Crippen LogP contribution in [-0.2, 0) is 17.7 Å². The van der Waals surface area contributed by atoms with Gasteiger partial charge in [0.2, 0.25) is 5.95 Å². The summed E-state index contributed by atoms with van der Waals surface area (Å²) in [6.45, 7) is 17.4. The number of nitrogens with two attached hydrogens (primary N) is 1. The number of aromatic nitrogens is 4. The zero-order valence-electron chi connectivity index (χ0n) is 21.8. The topological polar surface area (TPSA) is 147 Å². The van der Waals surface area contributed by atoms with E-state index in [1.807, 2.05) is 0 Å². The standard InChI is InChI=1S/C22H39N5O6Si2/c1-11(2)34(12(3)4)30-9-15-18(32-35(33-34,13(5)6)14(7)8)17(28)21(31-15)27-10-24-16-19(27)25-22(23)26-20(16)29/h10-15,17-18,21,28H,9H2,1-8H3,(H3,23,25,26,29)/t15?,17-,18+,21-/m1/s1. The number of aliphatic hydroxyl groups is 1. The second kappa shape index (κ2) is 9.36. The molecule has 2 fully saturated rings. The van der Waals surface area contributed by atoms with Gasteiger partial charge in [0, 0.05) is 0 Å². The van der Waals surface area contributed by atoms with Gasteiger partial charge in [-0.2, -0.15) is 4.98 Å². The van der Waals surface area contributed by atoms with Crippen molar-refractivity contribution < 1.29 is 22.8 Å². The average Bonchev–Trinajstić information content (AvgIpc) is 3.28. The molecule has 35 heavy (non-hydrogen) atoms. The Hall–Kier alpha value is -1.62. The molecule has 0 amide bonds. The summed E-state index contributed by atoms with van der Waals surface area (Å²) >= 11 is 0. The Morgan fingerprint density at radius 1 is 1.09 bits per heavy atom. The van der Waals surface area contributed by atoms with Crippen molar-refractivity contribution in [3.05, 3.63) is 16.7 Å². The van der Waals surface area contributed by atoms with Crippen LogP contribution in [-0.4, -0.2) is 66.7 Å². The fraction of sp³-hybridized carbons (Fsp3) is 0.773. The van der Waals surface area contributed by atoms with Crippen molar-refractivity contribution in [1.29, 1.82) is 0 Å². The van der Waals surface area contributed by atoms with E-state index >= 15 is 0 Å². The zero-order valence-corrected chi connectivity index (χ0v) is 23.8. The van der Waals surface area contributed by atoms with Gasteiger partial charge in [-0.05, 0) is 22.2 Å². The van der Waals surface area contributed by atoms with Crippen molar-refractivity contribution in [2.75, 3.05) is 12.3 Å². The minimum absolute atomic E-state index is 0.0357. The van der Waals surface area contributed by atoms with Gasteiger partial charge in [-0.25, -0.2) is 4.98 Å². The number of rotatable bonds is 5. The van der Waals surface area contributed by atoms with Crippen LogP contribution >= 0.6 is 0 Å². The van der Waals surface area contributed by atoms with Gasteiger partial charge in [0.25, 0.3) is 5.56 Å². The number of hydrogen-bond donors (Lipinski definition) is 3. The molecule has 2 saturated heterocycles. The third kappa shape index (κ3) is 4.20. The molecule has 1 unspecified atom stereocenters. The number of H-pyrrole nitrogens is 1. The molecule has 4 atom stereocenters. The first kappa shape index (κ1) is 26.4. The molecular formula is C22H39N5O6Si2. The van der Waals surface area contributed by atoms with Crippen molar-refractivity contribution >= 4 is 34.2 Å². The molecule has 2 aliphatic rings. The molecular weight excluding hydrogens is 486 g/mol. The van der Waals surface area contributed by atoms with Crippen molar-refractivity contribution in [2.45, 2.75) is 102 Å². The molecule has 4 N–H and O–H groups in total. The van der Waals surface area contributed by atoms with Gasteiger partial charge in [-0.15, -0.1) is 0 Å². The molecule has 0 aliphatic carbocycles. The van der Waals surface area contributed by atoms with Crippen molar-refractivity contribution in [2.24, 2.45) is 0 Å². The lowest BCUT2D eigenvalue weighted by Crippen LogP contribution is -2.65. The first-order valence-electron chi connectivity index (χ1n) is 12.4. The maximum Gasteiger partial charge on any atom is 0.335 e. The largest absolute Gasteiger partial charge is 0.414 e. The van der Waals surface area contributed by atoms with E-state index in [0.29, 0.717) is 0 Å². The molecule has 0 saturated carbocycles. The Balaban J connectivity index is 1.79. The van der Waals surface area contributed by atoms with E-state index in [2.05, 4.69) is 70.3 Å². The summed E-state index contributed by atoms with van der Waals surface area (Å²) in [7, 11) is -5.64. The highest BCUT2D eigenvalue weighted by Crippen LogP contribution is 2.48. The van der Waals surface area contributed by atoms with Gasteiger partial charge >= 0.3 is 17.1 Å². The van der Waals surface area contributed by atoms with E-state index in [0.717, 1.165) is 0 Å². The normalized spacial score (nSPS) is 28.7. The molecule has 2 aromatic heterocycles. The van der Waals surface area contributed by atoms with Gasteiger partial charge in [-0.1, -0.05) is 55.4 Å². The van der Waals surface area contributed by atoms with Crippen molar-refractivity contribution in [1.82, 2.24) is 19.5 Å². The minimum atomic E-state index is -2.91. The Morgan fingerprint density at radius 3 is 2.26 bits per heavy atom. The molecule has 4 heterocycles. The number of anilines is 1. The summed E-state index contributed by atoms with van der Waals surface area (Å²) in [5, 5.41) is 11.5. The number of nitrogen functional groups attached to an aromatic ring is 1. The molecule has 2 aromatic rings. The molecule has 0 aromatic carbocycles. The number of nitrogens with one attached hydrogen (secondary N) is 1. The number of aliphatic hydroxyl groups excluding tert-OH is 1.